The van der Waals surface area contributed by atoms with Gasteiger partial charge in [0.2, 0.25) is 0 Å². The van der Waals surface area contributed by atoms with Crippen LogP contribution in [0.2, 0.25) is 0 Å². The van der Waals surface area contributed by atoms with Crippen molar-refractivity contribution in [2.45, 2.75) is 6.92 Å². The molecule has 1 fully saturated rings. The van der Waals surface area contributed by atoms with Gasteiger partial charge in [0.25, 0.3) is 0 Å². The summed E-state index contributed by atoms with van der Waals surface area (Å²) in [6.45, 7) is 6.30. The average molecular weight is 250 g/mol. The van der Waals surface area contributed by atoms with Crippen LogP contribution in [0.15, 0.2) is 18.2 Å². The van der Waals surface area contributed by atoms with Crippen LogP contribution in [0.4, 0.5) is 5.82 Å². The molecule has 0 atom stereocenters. The Morgan fingerprint density at radius 1 is 1.20 bits per heavy atom. The van der Waals surface area contributed by atoms with Crippen LogP contribution in [0.3, 0.4) is 0 Å². The van der Waals surface area contributed by atoms with Crippen molar-refractivity contribution < 1.29 is 0 Å². The molecule has 86 valence electrons. The van der Waals surface area contributed by atoms with E-state index in [0.29, 0.717) is 0 Å². The molecule has 0 bridgehead atoms. The van der Waals surface area contributed by atoms with Gasteiger partial charge in [-0.2, -0.15) is 0 Å². The maximum Gasteiger partial charge on any atom is 0.128 e. The van der Waals surface area contributed by atoms with Gasteiger partial charge in [0.05, 0.1) is 0 Å². The summed E-state index contributed by atoms with van der Waals surface area (Å²) in [5.74, 6) is 1.11. The number of hydrogen-bond donors (Lipinski definition) is 1. The van der Waals surface area contributed by atoms with Crippen molar-refractivity contribution in [1.82, 2.24) is 10.3 Å². The highest BCUT2D eigenvalue weighted by molar-refractivity contribution is 5.85. The Morgan fingerprint density at radius 2 is 1.87 bits per heavy atom. The molecule has 0 radical (unpaired) electrons. The molecular weight excluding hydrogens is 233 g/mol. The summed E-state index contributed by atoms with van der Waals surface area (Å²) in [4.78, 5) is 6.82. The van der Waals surface area contributed by atoms with E-state index in [-0.39, 0.29) is 24.8 Å². The van der Waals surface area contributed by atoms with Crippen molar-refractivity contribution in [2.75, 3.05) is 31.1 Å². The van der Waals surface area contributed by atoms with Crippen molar-refractivity contribution in [2.24, 2.45) is 0 Å². The van der Waals surface area contributed by atoms with E-state index in [1.165, 1.54) is 0 Å². The van der Waals surface area contributed by atoms with E-state index >= 15 is 0 Å². The number of hydrogen-bond acceptors (Lipinski definition) is 3. The van der Waals surface area contributed by atoms with Crippen LogP contribution >= 0.6 is 24.8 Å². The molecule has 15 heavy (non-hydrogen) atoms. The Hall–Kier alpha value is -0.510. The van der Waals surface area contributed by atoms with E-state index in [1.54, 1.807) is 0 Å². The fourth-order valence-electron chi connectivity index (χ4n) is 1.60. The van der Waals surface area contributed by atoms with Crippen LogP contribution in [0.1, 0.15) is 5.69 Å². The van der Waals surface area contributed by atoms with Crippen LogP contribution in [0, 0.1) is 6.92 Å². The molecule has 1 aromatic heterocycles. The average Bonchev–Trinajstić information content (AvgIpc) is 2.19. The number of aryl methyl sites for hydroxylation is 1. The van der Waals surface area contributed by atoms with Crippen LogP contribution in [-0.2, 0) is 0 Å². The molecule has 0 aliphatic carbocycles. The Bertz CT molecular complexity index is 288. The number of halogens is 2. The van der Waals surface area contributed by atoms with Gasteiger partial charge in [0.15, 0.2) is 0 Å². The molecule has 3 nitrogen and oxygen atoms in total. The summed E-state index contributed by atoms with van der Waals surface area (Å²) in [6.07, 6.45) is 0. The van der Waals surface area contributed by atoms with Gasteiger partial charge in [-0.15, -0.1) is 24.8 Å². The van der Waals surface area contributed by atoms with Gasteiger partial charge in [-0.25, -0.2) is 4.98 Å². The molecule has 1 aliphatic rings. The zero-order valence-corrected chi connectivity index (χ0v) is 10.4. The Balaban J connectivity index is 0.000000980. The maximum absolute atomic E-state index is 4.50. The standard InChI is InChI=1S/C10H15N3.2ClH/c1-9-3-2-4-10(12-9)13-7-5-11-6-8-13;;/h2-4,11H,5-8H2,1H3;2*1H. The largest absolute Gasteiger partial charge is 0.354 e. The minimum absolute atomic E-state index is 0. The van der Waals surface area contributed by atoms with E-state index in [0.717, 1.165) is 37.7 Å². The fourth-order valence-corrected chi connectivity index (χ4v) is 1.60. The van der Waals surface area contributed by atoms with Crippen LogP contribution < -0.4 is 10.2 Å². The number of aromatic nitrogens is 1. The quantitative estimate of drug-likeness (QED) is 0.821. The first-order valence-corrected chi connectivity index (χ1v) is 4.75. The lowest BCUT2D eigenvalue weighted by Crippen LogP contribution is -2.43. The summed E-state index contributed by atoms with van der Waals surface area (Å²) in [6, 6.07) is 6.18. The van der Waals surface area contributed by atoms with Gasteiger partial charge in [0.1, 0.15) is 5.82 Å². The lowest BCUT2D eigenvalue weighted by atomic mass is 10.3. The molecular formula is C10H17Cl2N3. The highest BCUT2D eigenvalue weighted by atomic mass is 35.5. The number of pyridine rings is 1. The Kier molecular flexibility index (Phi) is 6.65. The molecule has 2 heterocycles. The first-order valence-electron chi connectivity index (χ1n) is 4.75. The Morgan fingerprint density at radius 3 is 2.47 bits per heavy atom. The van der Waals surface area contributed by atoms with Crippen molar-refractivity contribution in [3.63, 3.8) is 0 Å². The van der Waals surface area contributed by atoms with E-state index in [4.69, 9.17) is 0 Å². The highest BCUT2D eigenvalue weighted by Gasteiger charge is 2.10. The van der Waals surface area contributed by atoms with E-state index < -0.39 is 0 Å². The Labute approximate surface area is 103 Å². The number of anilines is 1. The highest BCUT2D eigenvalue weighted by Crippen LogP contribution is 2.11. The summed E-state index contributed by atoms with van der Waals surface area (Å²) in [5, 5.41) is 3.33. The summed E-state index contributed by atoms with van der Waals surface area (Å²) >= 11 is 0. The van der Waals surface area contributed by atoms with Gasteiger partial charge >= 0.3 is 0 Å². The maximum atomic E-state index is 4.50. The normalized spacial score (nSPS) is 15.1. The molecule has 0 saturated carbocycles. The van der Waals surface area contributed by atoms with Gasteiger partial charge in [-0.05, 0) is 19.1 Å². The fraction of sp³-hybridized carbons (Fsp3) is 0.500. The molecule has 5 heteroatoms. The molecule has 1 aliphatic heterocycles. The van der Waals surface area contributed by atoms with Crippen molar-refractivity contribution in [3.8, 4) is 0 Å². The zero-order chi connectivity index (χ0) is 9.10. The summed E-state index contributed by atoms with van der Waals surface area (Å²) in [7, 11) is 0. The van der Waals surface area contributed by atoms with Crippen LogP contribution in [-0.4, -0.2) is 31.2 Å². The first kappa shape index (κ1) is 14.5. The second kappa shape index (κ2) is 6.88. The van der Waals surface area contributed by atoms with Crippen LogP contribution in [0.5, 0.6) is 0 Å². The molecule has 1 N–H and O–H groups in total. The second-order valence-corrected chi connectivity index (χ2v) is 3.37. The van der Waals surface area contributed by atoms with Crippen LogP contribution in [0.25, 0.3) is 0 Å². The molecule has 0 spiro atoms. The number of nitrogens with one attached hydrogen (secondary N) is 1. The predicted molar refractivity (Wildman–Crippen MR) is 68.6 cm³/mol. The summed E-state index contributed by atoms with van der Waals surface area (Å²) < 4.78 is 0. The zero-order valence-electron chi connectivity index (χ0n) is 8.77. The summed E-state index contributed by atoms with van der Waals surface area (Å²) in [5.41, 5.74) is 1.09. The minimum atomic E-state index is 0. The van der Waals surface area contributed by atoms with Crippen molar-refractivity contribution in [1.29, 1.82) is 0 Å². The third kappa shape index (κ3) is 3.86. The molecule has 2 rings (SSSR count). The SMILES string of the molecule is Cc1cccc(N2CCNCC2)n1.Cl.Cl. The van der Waals surface area contributed by atoms with E-state index in [9.17, 15) is 0 Å². The van der Waals surface area contributed by atoms with Gasteiger partial charge in [0, 0.05) is 31.9 Å². The van der Waals surface area contributed by atoms with Crippen molar-refractivity contribution >= 4 is 30.6 Å². The van der Waals surface area contributed by atoms with E-state index in [2.05, 4.69) is 27.3 Å². The topological polar surface area (TPSA) is 28.2 Å². The molecule has 1 aromatic rings. The van der Waals surface area contributed by atoms with Gasteiger partial charge in [-0.1, -0.05) is 6.07 Å². The molecule has 0 aromatic carbocycles. The monoisotopic (exact) mass is 249 g/mol. The lowest BCUT2D eigenvalue weighted by Gasteiger charge is -2.28. The van der Waals surface area contributed by atoms with Crippen molar-refractivity contribution in [3.05, 3.63) is 23.9 Å². The molecule has 0 amide bonds. The number of rotatable bonds is 1. The van der Waals surface area contributed by atoms with Gasteiger partial charge in [-0.3, -0.25) is 0 Å². The van der Waals surface area contributed by atoms with E-state index in [1.807, 2.05) is 13.0 Å². The lowest BCUT2D eigenvalue weighted by molar-refractivity contribution is 0.584. The predicted octanol–water partition coefficient (Wildman–Crippen LogP) is 1.64. The first-order chi connectivity index (χ1) is 6.36. The second-order valence-electron chi connectivity index (χ2n) is 3.37. The molecule has 1 saturated heterocycles. The number of nitrogens with zero attached hydrogens (tertiary/aromatic N) is 2. The smallest absolute Gasteiger partial charge is 0.128 e. The number of piperazine rings is 1. The van der Waals surface area contributed by atoms with Gasteiger partial charge < -0.3 is 10.2 Å². The molecule has 0 unspecified atom stereocenters. The third-order valence-corrected chi connectivity index (χ3v) is 2.31. The minimum Gasteiger partial charge on any atom is -0.354 e. The third-order valence-electron chi connectivity index (χ3n) is 2.31.